The molecule has 0 saturated heterocycles. The van der Waals surface area contributed by atoms with Crippen molar-refractivity contribution >= 4 is 0 Å². The zero-order valence-electron chi connectivity index (χ0n) is 12.8. The first-order valence-electron chi connectivity index (χ1n) is 7.67. The number of benzene rings is 1. The summed E-state index contributed by atoms with van der Waals surface area (Å²) >= 11 is 0. The normalized spacial score (nSPS) is 12.5. The van der Waals surface area contributed by atoms with Crippen molar-refractivity contribution in [2.24, 2.45) is 0 Å². The summed E-state index contributed by atoms with van der Waals surface area (Å²) in [6.45, 7) is 5.10. The first kappa shape index (κ1) is 15.6. The zero-order chi connectivity index (χ0) is 15.1. The molecule has 21 heavy (non-hydrogen) atoms. The van der Waals surface area contributed by atoms with Crippen LogP contribution in [0.3, 0.4) is 0 Å². The van der Waals surface area contributed by atoms with Gasteiger partial charge in [0.15, 0.2) is 0 Å². The zero-order valence-corrected chi connectivity index (χ0v) is 12.8. The molecule has 0 radical (unpaired) electrons. The van der Waals surface area contributed by atoms with Gasteiger partial charge in [0.05, 0.1) is 11.3 Å². The van der Waals surface area contributed by atoms with E-state index >= 15 is 0 Å². The highest BCUT2D eigenvalue weighted by Crippen LogP contribution is 2.27. The Balaban J connectivity index is 1.88. The molecule has 0 bridgehead atoms. The molecule has 4 heteroatoms. The van der Waals surface area contributed by atoms with Gasteiger partial charge in [-0.05, 0) is 25.5 Å². The number of phenolic OH excluding ortho intramolecular Hbond substituents is 1. The quantitative estimate of drug-likeness (QED) is 0.718. The Morgan fingerprint density at radius 1 is 1.29 bits per heavy atom. The fourth-order valence-electron chi connectivity index (χ4n) is 2.25. The number of unbranched alkanes of at least 4 members (excludes halogenated alkanes) is 2. The predicted octanol–water partition coefficient (Wildman–Crippen LogP) is 4.11. The SMILES string of the molecule is CCCCCC(C)NCc1coc(-c2ccccc2O)n1. The molecule has 4 nitrogen and oxygen atoms in total. The minimum absolute atomic E-state index is 0.187. The van der Waals surface area contributed by atoms with Crippen molar-refractivity contribution in [3.63, 3.8) is 0 Å². The molecule has 0 spiro atoms. The van der Waals surface area contributed by atoms with Gasteiger partial charge in [-0.15, -0.1) is 0 Å². The maximum atomic E-state index is 9.80. The van der Waals surface area contributed by atoms with Crippen molar-refractivity contribution < 1.29 is 9.52 Å². The van der Waals surface area contributed by atoms with Crippen LogP contribution in [0, 0.1) is 0 Å². The summed E-state index contributed by atoms with van der Waals surface area (Å²) < 4.78 is 5.45. The Kier molecular flexibility index (Phi) is 5.81. The van der Waals surface area contributed by atoms with E-state index in [9.17, 15) is 5.11 Å². The van der Waals surface area contributed by atoms with Gasteiger partial charge in [-0.25, -0.2) is 4.98 Å². The molecule has 2 aromatic rings. The molecule has 0 amide bonds. The smallest absolute Gasteiger partial charge is 0.229 e. The Hall–Kier alpha value is -1.81. The Morgan fingerprint density at radius 3 is 2.86 bits per heavy atom. The second-order valence-electron chi connectivity index (χ2n) is 5.44. The van der Waals surface area contributed by atoms with Crippen molar-refractivity contribution in [2.75, 3.05) is 0 Å². The lowest BCUT2D eigenvalue weighted by Crippen LogP contribution is -2.25. The highest BCUT2D eigenvalue weighted by molar-refractivity contribution is 5.61. The van der Waals surface area contributed by atoms with Crippen LogP contribution in [0.1, 0.15) is 45.2 Å². The maximum absolute atomic E-state index is 9.80. The standard InChI is InChI=1S/C17H24N2O2/c1-3-4-5-8-13(2)18-11-14-12-21-17(19-14)15-9-6-7-10-16(15)20/h6-7,9-10,12-13,18,20H,3-5,8,11H2,1-2H3. The Labute approximate surface area is 126 Å². The fourth-order valence-corrected chi connectivity index (χ4v) is 2.25. The van der Waals surface area contributed by atoms with Crippen molar-refractivity contribution in [1.29, 1.82) is 0 Å². The van der Waals surface area contributed by atoms with Gasteiger partial charge in [0.2, 0.25) is 5.89 Å². The van der Waals surface area contributed by atoms with Crippen molar-refractivity contribution in [3.8, 4) is 17.2 Å². The van der Waals surface area contributed by atoms with E-state index in [0.717, 1.165) is 5.69 Å². The van der Waals surface area contributed by atoms with Crippen LogP contribution in [0.4, 0.5) is 0 Å². The van der Waals surface area contributed by atoms with E-state index in [1.807, 2.05) is 6.07 Å². The van der Waals surface area contributed by atoms with Gasteiger partial charge in [-0.3, -0.25) is 0 Å². The number of phenols is 1. The van der Waals surface area contributed by atoms with Crippen LogP contribution in [0.25, 0.3) is 11.5 Å². The molecule has 2 rings (SSSR count). The van der Waals surface area contributed by atoms with E-state index in [1.165, 1.54) is 25.7 Å². The molecular weight excluding hydrogens is 264 g/mol. The molecule has 0 aliphatic heterocycles. The van der Waals surface area contributed by atoms with Gasteiger partial charge in [0, 0.05) is 12.6 Å². The summed E-state index contributed by atoms with van der Waals surface area (Å²) in [5.41, 5.74) is 1.48. The molecule has 1 aromatic carbocycles. The molecule has 114 valence electrons. The Morgan fingerprint density at radius 2 is 2.10 bits per heavy atom. The molecule has 0 aliphatic rings. The highest BCUT2D eigenvalue weighted by Gasteiger charge is 2.11. The second-order valence-corrected chi connectivity index (χ2v) is 5.44. The first-order valence-corrected chi connectivity index (χ1v) is 7.67. The second kappa shape index (κ2) is 7.84. The molecule has 1 unspecified atom stereocenters. The lowest BCUT2D eigenvalue weighted by Gasteiger charge is -2.11. The predicted molar refractivity (Wildman–Crippen MR) is 84.0 cm³/mol. The van der Waals surface area contributed by atoms with Gasteiger partial charge < -0.3 is 14.8 Å². The summed E-state index contributed by atoms with van der Waals surface area (Å²) in [7, 11) is 0. The molecular formula is C17H24N2O2. The summed E-state index contributed by atoms with van der Waals surface area (Å²) in [5.74, 6) is 0.648. The summed E-state index contributed by atoms with van der Waals surface area (Å²) in [6.07, 6.45) is 6.62. The van der Waals surface area contributed by atoms with Crippen molar-refractivity contribution in [2.45, 2.75) is 52.1 Å². The van der Waals surface area contributed by atoms with Gasteiger partial charge in [0.1, 0.15) is 12.0 Å². The van der Waals surface area contributed by atoms with Crippen LogP contribution in [0.15, 0.2) is 34.9 Å². The molecule has 0 saturated carbocycles. The van der Waals surface area contributed by atoms with E-state index in [-0.39, 0.29) is 5.75 Å². The number of oxazole rings is 1. The van der Waals surface area contributed by atoms with Crippen molar-refractivity contribution in [1.82, 2.24) is 10.3 Å². The van der Waals surface area contributed by atoms with Crippen LogP contribution in [-0.4, -0.2) is 16.1 Å². The summed E-state index contributed by atoms with van der Waals surface area (Å²) in [6, 6.07) is 7.54. The minimum atomic E-state index is 0.187. The lowest BCUT2D eigenvalue weighted by atomic mass is 10.1. The number of hydrogen-bond donors (Lipinski definition) is 2. The van der Waals surface area contributed by atoms with Crippen LogP contribution in [-0.2, 0) is 6.54 Å². The fraction of sp³-hybridized carbons (Fsp3) is 0.471. The van der Waals surface area contributed by atoms with E-state index in [2.05, 4.69) is 24.1 Å². The van der Waals surface area contributed by atoms with Crippen molar-refractivity contribution in [3.05, 3.63) is 36.2 Å². The maximum Gasteiger partial charge on any atom is 0.229 e. The third-order valence-corrected chi connectivity index (χ3v) is 3.56. The molecule has 0 aliphatic carbocycles. The average Bonchev–Trinajstić information content (AvgIpc) is 2.94. The van der Waals surface area contributed by atoms with E-state index < -0.39 is 0 Å². The molecule has 0 fully saturated rings. The molecule has 1 aromatic heterocycles. The number of nitrogens with zero attached hydrogens (tertiary/aromatic N) is 1. The highest BCUT2D eigenvalue weighted by atomic mass is 16.3. The van der Waals surface area contributed by atoms with E-state index in [0.29, 0.717) is 24.0 Å². The number of hydrogen-bond acceptors (Lipinski definition) is 4. The topological polar surface area (TPSA) is 58.3 Å². The monoisotopic (exact) mass is 288 g/mol. The van der Waals surface area contributed by atoms with Crippen LogP contribution in [0.2, 0.25) is 0 Å². The van der Waals surface area contributed by atoms with Crippen LogP contribution >= 0.6 is 0 Å². The molecule has 1 atom stereocenters. The van der Waals surface area contributed by atoms with Gasteiger partial charge >= 0.3 is 0 Å². The summed E-state index contributed by atoms with van der Waals surface area (Å²) in [4.78, 5) is 4.42. The third-order valence-electron chi connectivity index (χ3n) is 3.56. The van der Waals surface area contributed by atoms with Gasteiger partial charge in [-0.2, -0.15) is 0 Å². The Bertz CT molecular complexity index is 551. The average molecular weight is 288 g/mol. The van der Waals surface area contributed by atoms with Crippen LogP contribution < -0.4 is 5.32 Å². The largest absolute Gasteiger partial charge is 0.507 e. The van der Waals surface area contributed by atoms with E-state index in [4.69, 9.17) is 4.42 Å². The van der Waals surface area contributed by atoms with Crippen LogP contribution in [0.5, 0.6) is 5.75 Å². The lowest BCUT2D eigenvalue weighted by molar-refractivity contribution is 0.472. The summed E-state index contributed by atoms with van der Waals surface area (Å²) in [5, 5.41) is 13.2. The molecule has 1 heterocycles. The van der Waals surface area contributed by atoms with E-state index in [1.54, 1.807) is 24.5 Å². The van der Waals surface area contributed by atoms with Gasteiger partial charge in [0.25, 0.3) is 0 Å². The molecule has 2 N–H and O–H groups in total. The first-order chi connectivity index (χ1) is 10.2. The number of aromatic hydroxyl groups is 1. The minimum Gasteiger partial charge on any atom is -0.507 e. The number of aromatic nitrogens is 1. The number of para-hydroxylation sites is 1. The number of rotatable bonds is 8. The van der Waals surface area contributed by atoms with Gasteiger partial charge in [-0.1, -0.05) is 38.3 Å². The third kappa shape index (κ3) is 4.60. The number of nitrogens with one attached hydrogen (secondary N) is 1.